The topological polar surface area (TPSA) is 80.8 Å². The maximum Gasteiger partial charge on any atom is 0.338 e. The van der Waals surface area contributed by atoms with Crippen LogP contribution in [0.1, 0.15) is 40.0 Å². The molecular weight excluding hydrogens is 437 g/mol. The molecule has 1 saturated heterocycles. The molecule has 0 atom stereocenters. The molecular formula is C20H19Cl2NO5S. The highest BCUT2D eigenvalue weighted by Gasteiger charge is 2.26. The van der Waals surface area contributed by atoms with Gasteiger partial charge in [-0.1, -0.05) is 29.6 Å². The number of rotatable bonds is 6. The number of Topliss-reactive ketones (excluding diaryl/α,β-unsaturated/α-hetero) is 1. The smallest absolute Gasteiger partial charge is 0.338 e. The average molecular weight is 456 g/mol. The molecule has 1 heterocycles. The maximum atomic E-state index is 12.6. The van der Waals surface area contributed by atoms with Gasteiger partial charge in [-0.15, -0.1) is 0 Å². The Morgan fingerprint density at radius 3 is 2.14 bits per heavy atom. The third-order valence-corrected chi connectivity index (χ3v) is 7.27. The molecule has 0 amide bonds. The van der Waals surface area contributed by atoms with Crippen molar-refractivity contribution in [2.24, 2.45) is 0 Å². The maximum absolute atomic E-state index is 12.6. The third kappa shape index (κ3) is 5.17. The Kier molecular flexibility index (Phi) is 6.95. The van der Waals surface area contributed by atoms with E-state index in [1.807, 2.05) is 0 Å². The molecule has 154 valence electrons. The number of sulfonamides is 1. The first-order chi connectivity index (χ1) is 13.8. The van der Waals surface area contributed by atoms with Crippen LogP contribution in [0.15, 0.2) is 47.4 Å². The van der Waals surface area contributed by atoms with Crippen LogP contribution in [-0.4, -0.2) is 44.2 Å². The minimum Gasteiger partial charge on any atom is -0.454 e. The molecule has 0 spiro atoms. The van der Waals surface area contributed by atoms with Crippen molar-refractivity contribution in [1.82, 2.24) is 4.31 Å². The van der Waals surface area contributed by atoms with Gasteiger partial charge in [-0.2, -0.15) is 4.31 Å². The fourth-order valence-electron chi connectivity index (χ4n) is 2.99. The van der Waals surface area contributed by atoms with Crippen molar-refractivity contribution in [2.45, 2.75) is 24.2 Å². The first kappa shape index (κ1) is 21.8. The molecule has 3 rings (SSSR count). The Labute approximate surface area is 179 Å². The van der Waals surface area contributed by atoms with Crippen molar-refractivity contribution in [3.63, 3.8) is 0 Å². The van der Waals surface area contributed by atoms with Crippen LogP contribution < -0.4 is 0 Å². The Balaban J connectivity index is 1.62. The summed E-state index contributed by atoms with van der Waals surface area (Å²) in [5, 5.41) is 0.511. The van der Waals surface area contributed by atoms with E-state index in [9.17, 15) is 18.0 Å². The van der Waals surface area contributed by atoms with Crippen molar-refractivity contribution in [3.8, 4) is 0 Å². The van der Waals surface area contributed by atoms with Gasteiger partial charge in [0, 0.05) is 18.7 Å². The molecule has 0 bridgehead atoms. The van der Waals surface area contributed by atoms with Gasteiger partial charge in [0.15, 0.2) is 12.4 Å². The molecule has 0 N–H and O–H groups in total. The van der Waals surface area contributed by atoms with Crippen molar-refractivity contribution in [1.29, 1.82) is 0 Å². The van der Waals surface area contributed by atoms with Crippen molar-refractivity contribution < 1.29 is 22.7 Å². The van der Waals surface area contributed by atoms with Gasteiger partial charge >= 0.3 is 5.97 Å². The van der Waals surface area contributed by atoms with E-state index in [0.29, 0.717) is 18.1 Å². The summed E-state index contributed by atoms with van der Waals surface area (Å²) in [6.45, 7) is 0.540. The van der Waals surface area contributed by atoms with Crippen molar-refractivity contribution in [3.05, 3.63) is 63.6 Å². The number of halogens is 2. The molecule has 29 heavy (non-hydrogen) atoms. The summed E-state index contributed by atoms with van der Waals surface area (Å²) in [4.78, 5) is 24.5. The first-order valence-electron chi connectivity index (χ1n) is 9.04. The fourth-order valence-corrected chi connectivity index (χ4v) is 4.80. The Morgan fingerprint density at radius 1 is 0.897 bits per heavy atom. The standard InChI is InChI=1S/C20H19Cl2NO5S/c21-17-9-6-15(12-18(17)22)20(25)28-13-19(24)14-4-7-16(8-5-14)29(26,27)23-10-2-1-3-11-23/h4-9,12H,1-3,10-11,13H2. The van der Waals surface area contributed by atoms with Gasteiger partial charge in [-0.3, -0.25) is 4.79 Å². The Morgan fingerprint density at radius 2 is 1.52 bits per heavy atom. The molecule has 0 saturated carbocycles. The zero-order valence-electron chi connectivity index (χ0n) is 15.4. The fraction of sp³-hybridized carbons (Fsp3) is 0.300. The van der Waals surface area contributed by atoms with Gasteiger partial charge in [0.1, 0.15) is 0 Å². The van der Waals surface area contributed by atoms with E-state index in [1.54, 1.807) is 0 Å². The number of carbonyl (C=O) groups excluding carboxylic acids is 2. The van der Waals surface area contributed by atoms with E-state index in [0.717, 1.165) is 19.3 Å². The van der Waals surface area contributed by atoms with E-state index in [-0.39, 0.29) is 21.0 Å². The van der Waals surface area contributed by atoms with Gasteiger partial charge in [-0.25, -0.2) is 13.2 Å². The zero-order valence-corrected chi connectivity index (χ0v) is 17.8. The predicted octanol–water partition coefficient (Wildman–Crippen LogP) is 4.21. The average Bonchev–Trinajstić information content (AvgIpc) is 2.74. The van der Waals surface area contributed by atoms with Crippen LogP contribution in [0, 0.1) is 0 Å². The number of hydrogen-bond acceptors (Lipinski definition) is 5. The second-order valence-corrected chi connectivity index (χ2v) is 9.37. The van der Waals surface area contributed by atoms with Crippen LogP contribution in [0.2, 0.25) is 10.0 Å². The van der Waals surface area contributed by atoms with Crippen molar-refractivity contribution >= 4 is 45.0 Å². The van der Waals surface area contributed by atoms with Gasteiger partial charge in [-0.05, 0) is 55.3 Å². The highest BCUT2D eigenvalue weighted by Crippen LogP contribution is 2.23. The van der Waals surface area contributed by atoms with Crippen LogP contribution in [0.25, 0.3) is 0 Å². The van der Waals surface area contributed by atoms with Crippen molar-refractivity contribution in [2.75, 3.05) is 19.7 Å². The van der Waals surface area contributed by atoms with E-state index < -0.39 is 28.4 Å². The molecule has 0 aromatic heterocycles. The summed E-state index contributed by atoms with van der Waals surface area (Å²) in [5.41, 5.74) is 0.430. The molecule has 1 fully saturated rings. The molecule has 2 aromatic rings. The summed E-state index contributed by atoms with van der Waals surface area (Å²) in [7, 11) is -3.56. The van der Waals surface area contributed by atoms with Crippen LogP contribution in [-0.2, 0) is 14.8 Å². The number of piperidine rings is 1. The second-order valence-electron chi connectivity index (χ2n) is 6.62. The summed E-state index contributed by atoms with van der Waals surface area (Å²) in [6, 6.07) is 9.91. The van der Waals surface area contributed by atoms with Gasteiger partial charge in [0.25, 0.3) is 0 Å². The summed E-state index contributed by atoms with van der Waals surface area (Å²) < 4.78 is 31.8. The lowest BCUT2D eigenvalue weighted by Crippen LogP contribution is -2.35. The molecule has 0 aliphatic carbocycles. The third-order valence-electron chi connectivity index (χ3n) is 4.62. The normalized spacial score (nSPS) is 15.1. The van der Waals surface area contributed by atoms with Gasteiger partial charge < -0.3 is 4.74 Å². The number of benzene rings is 2. The molecule has 0 unspecified atom stereocenters. The Bertz CT molecular complexity index is 1020. The number of ketones is 1. The minimum absolute atomic E-state index is 0.142. The van der Waals surface area contributed by atoms with E-state index in [1.165, 1.54) is 46.8 Å². The SMILES string of the molecule is O=C(COC(=O)c1ccc(Cl)c(Cl)c1)c1ccc(S(=O)(=O)N2CCCCC2)cc1. The molecule has 6 nitrogen and oxygen atoms in total. The van der Waals surface area contributed by atoms with E-state index in [2.05, 4.69) is 0 Å². The highest BCUT2D eigenvalue weighted by molar-refractivity contribution is 7.89. The Hall–Kier alpha value is -1.93. The quantitative estimate of drug-likeness (QED) is 0.481. The number of hydrogen-bond donors (Lipinski definition) is 0. The lowest BCUT2D eigenvalue weighted by Gasteiger charge is -2.25. The summed E-state index contributed by atoms with van der Waals surface area (Å²) in [6.07, 6.45) is 2.72. The number of carbonyl (C=O) groups is 2. The predicted molar refractivity (Wildman–Crippen MR) is 110 cm³/mol. The van der Waals surface area contributed by atoms with Crippen LogP contribution >= 0.6 is 23.2 Å². The van der Waals surface area contributed by atoms with Crippen LogP contribution in [0.4, 0.5) is 0 Å². The largest absolute Gasteiger partial charge is 0.454 e. The second kappa shape index (κ2) is 9.26. The number of nitrogens with zero attached hydrogens (tertiary/aromatic N) is 1. The molecule has 1 aliphatic heterocycles. The molecule has 2 aromatic carbocycles. The highest BCUT2D eigenvalue weighted by atomic mass is 35.5. The van der Waals surface area contributed by atoms with Crippen LogP contribution in [0.5, 0.6) is 0 Å². The zero-order chi connectivity index (χ0) is 21.0. The van der Waals surface area contributed by atoms with E-state index >= 15 is 0 Å². The monoisotopic (exact) mass is 455 g/mol. The summed E-state index contributed by atoms with van der Waals surface area (Å²) >= 11 is 11.7. The van der Waals surface area contributed by atoms with Gasteiger partial charge in [0.05, 0.1) is 20.5 Å². The molecule has 0 radical (unpaired) electrons. The number of ether oxygens (including phenoxy) is 1. The first-order valence-corrected chi connectivity index (χ1v) is 11.2. The lowest BCUT2D eigenvalue weighted by atomic mass is 10.1. The lowest BCUT2D eigenvalue weighted by molar-refractivity contribution is 0.0475. The minimum atomic E-state index is -3.56. The van der Waals surface area contributed by atoms with E-state index in [4.69, 9.17) is 27.9 Å². The van der Waals surface area contributed by atoms with Crippen LogP contribution in [0.3, 0.4) is 0 Å². The van der Waals surface area contributed by atoms with Gasteiger partial charge in [0.2, 0.25) is 10.0 Å². The number of esters is 1. The summed E-state index contributed by atoms with van der Waals surface area (Å²) in [5.74, 6) is -1.15. The molecule has 1 aliphatic rings. The molecule has 9 heteroatoms.